The summed E-state index contributed by atoms with van der Waals surface area (Å²) >= 11 is 1.84. The van der Waals surface area contributed by atoms with Crippen molar-refractivity contribution in [2.45, 2.75) is 32.4 Å². The first-order chi connectivity index (χ1) is 8.15. The molecule has 0 saturated heterocycles. The predicted molar refractivity (Wildman–Crippen MR) is 77.0 cm³/mol. The molecule has 0 aliphatic carbocycles. The van der Waals surface area contributed by atoms with E-state index in [4.69, 9.17) is 0 Å². The summed E-state index contributed by atoms with van der Waals surface area (Å²) in [6, 6.07) is 1.97. The zero-order chi connectivity index (χ0) is 12.7. The summed E-state index contributed by atoms with van der Waals surface area (Å²) in [7, 11) is 0. The van der Waals surface area contributed by atoms with Gasteiger partial charge in [0.05, 0.1) is 0 Å². The minimum Gasteiger partial charge on any atom is -0.370 e. The van der Waals surface area contributed by atoms with Gasteiger partial charge in [0, 0.05) is 24.4 Å². The molecule has 1 aromatic heterocycles. The summed E-state index contributed by atoms with van der Waals surface area (Å²) in [6.07, 6.45) is 3.21. The molecule has 5 heteroatoms. The van der Waals surface area contributed by atoms with Crippen molar-refractivity contribution in [2.24, 2.45) is 0 Å². The summed E-state index contributed by atoms with van der Waals surface area (Å²) in [5.74, 6) is 2.60. The van der Waals surface area contributed by atoms with Gasteiger partial charge in [0.25, 0.3) is 0 Å². The Bertz CT molecular complexity index is 343. The number of hydrogen-bond acceptors (Lipinski definition) is 5. The first kappa shape index (κ1) is 14.1. The number of thioether (sulfide) groups is 1. The Morgan fingerprint density at radius 2 is 1.94 bits per heavy atom. The second-order valence-corrected chi connectivity index (χ2v) is 5.32. The lowest BCUT2D eigenvalue weighted by molar-refractivity contribution is 0.944. The Morgan fingerprint density at radius 1 is 1.29 bits per heavy atom. The minimum absolute atomic E-state index is 0.581. The van der Waals surface area contributed by atoms with Crippen molar-refractivity contribution in [1.82, 2.24) is 9.97 Å². The van der Waals surface area contributed by atoms with Crippen molar-refractivity contribution in [2.75, 3.05) is 30.0 Å². The Kier molecular flexibility index (Phi) is 6.11. The van der Waals surface area contributed by atoms with E-state index in [1.807, 2.05) is 24.8 Å². The maximum Gasteiger partial charge on any atom is 0.131 e. The Balaban J connectivity index is 2.61. The van der Waals surface area contributed by atoms with Crippen LogP contribution >= 0.6 is 11.8 Å². The van der Waals surface area contributed by atoms with Gasteiger partial charge in [0.1, 0.15) is 17.5 Å². The Labute approximate surface area is 108 Å². The SMILES string of the molecule is CCCNc1cc(NCC(C)SC)nc(C)n1. The van der Waals surface area contributed by atoms with E-state index in [2.05, 4.69) is 40.7 Å². The van der Waals surface area contributed by atoms with Crippen molar-refractivity contribution in [1.29, 1.82) is 0 Å². The molecule has 2 N–H and O–H groups in total. The van der Waals surface area contributed by atoms with Crippen LogP contribution in [0.1, 0.15) is 26.1 Å². The van der Waals surface area contributed by atoms with Gasteiger partial charge in [0.2, 0.25) is 0 Å². The monoisotopic (exact) mass is 254 g/mol. The first-order valence-electron chi connectivity index (χ1n) is 6.02. The maximum absolute atomic E-state index is 4.38. The molecule has 1 atom stereocenters. The van der Waals surface area contributed by atoms with Crippen molar-refractivity contribution < 1.29 is 0 Å². The second-order valence-electron chi connectivity index (χ2n) is 4.04. The minimum atomic E-state index is 0.581. The molecule has 96 valence electrons. The standard InChI is InChI=1S/C12H22N4S/c1-5-6-13-11-7-12(16-10(3)15-11)14-8-9(2)17-4/h7,9H,5-6,8H2,1-4H3,(H2,13,14,15,16). The van der Waals surface area contributed by atoms with Gasteiger partial charge in [0.15, 0.2) is 0 Å². The normalized spacial score (nSPS) is 12.2. The Hall–Kier alpha value is -0.970. The molecule has 0 aliphatic heterocycles. The molecule has 1 heterocycles. The van der Waals surface area contributed by atoms with Crippen LogP contribution in [-0.2, 0) is 0 Å². The van der Waals surface area contributed by atoms with E-state index in [0.29, 0.717) is 5.25 Å². The van der Waals surface area contributed by atoms with Crippen molar-refractivity contribution >= 4 is 23.4 Å². The summed E-state index contributed by atoms with van der Waals surface area (Å²) < 4.78 is 0. The first-order valence-corrected chi connectivity index (χ1v) is 7.30. The van der Waals surface area contributed by atoms with Crippen LogP contribution in [0.4, 0.5) is 11.6 Å². The van der Waals surface area contributed by atoms with Crippen molar-refractivity contribution in [3.05, 3.63) is 11.9 Å². The highest BCUT2D eigenvalue weighted by atomic mass is 32.2. The molecule has 0 amide bonds. The molecule has 0 radical (unpaired) electrons. The quantitative estimate of drug-likeness (QED) is 0.783. The number of hydrogen-bond donors (Lipinski definition) is 2. The van der Waals surface area contributed by atoms with Gasteiger partial charge in [-0.05, 0) is 19.6 Å². The summed E-state index contributed by atoms with van der Waals surface area (Å²) in [5.41, 5.74) is 0. The van der Waals surface area contributed by atoms with Gasteiger partial charge in [-0.25, -0.2) is 9.97 Å². The number of aromatic nitrogens is 2. The molecule has 0 saturated carbocycles. The molecular weight excluding hydrogens is 232 g/mol. The third kappa shape index (κ3) is 5.26. The largest absolute Gasteiger partial charge is 0.370 e. The fraction of sp³-hybridized carbons (Fsp3) is 0.667. The van der Waals surface area contributed by atoms with Gasteiger partial charge < -0.3 is 10.6 Å². The molecule has 1 rings (SSSR count). The lowest BCUT2D eigenvalue weighted by Crippen LogP contribution is -2.14. The summed E-state index contributed by atoms with van der Waals surface area (Å²) in [4.78, 5) is 8.73. The van der Waals surface area contributed by atoms with Crippen molar-refractivity contribution in [3.8, 4) is 0 Å². The molecule has 1 unspecified atom stereocenters. The number of nitrogens with zero attached hydrogens (tertiary/aromatic N) is 2. The third-order valence-electron chi connectivity index (χ3n) is 2.37. The van der Waals surface area contributed by atoms with Crippen LogP contribution in [0.25, 0.3) is 0 Å². The highest BCUT2D eigenvalue weighted by Gasteiger charge is 2.03. The zero-order valence-corrected chi connectivity index (χ0v) is 11.9. The molecule has 1 aromatic rings. The van der Waals surface area contributed by atoms with Gasteiger partial charge >= 0.3 is 0 Å². The number of aryl methyl sites for hydroxylation is 1. The lowest BCUT2D eigenvalue weighted by Gasteiger charge is -2.12. The fourth-order valence-corrected chi connectivity index (χ4v) is 1.58. The van der Waals surface area contributed by atoms with Crippen LogP contribution in [-0.4, -0.2) is 34.6 Å². The molecule has 0 aliphatic rings. The van der Waals surface area contributed by atoms with E-state index in [9.17, 15) is 0 Å². The smallest absolute Gasteiger partial charge is 0.131 e. The molecule has 0 fully saturated rings. The summed E-state index contributed by atoms with van der Waals surface area (Å²) in [6.45, 7) is 8.12. The lowest BCUT2D eigenvalue weighted by atomic mass is 10.4. The van der Waals surface area contributed by atoms with E-state index in [1.165, 1.54) is 0 Å². The molecule has 17 heavy (non-hydrogen) atoms. The molecule has 0 aromatic carbocycles. The number of rotatable bonds is 7. The topological polar surface area (TPSA) is 49.8 Å². The number of anilines is 2. The van der Waals surface area contributed by atoms with Crippen LogP contribution < -0.4 is 10.6 Å². The van der Waals surface area contributed by atoms with E-state index in [-0.39, 0.29) is 0 Å². The molecular formula is C12H22N4S. The second kappa shape index (κ2) is 7.37. The van der Waals surface area contributed by atoms with Crippen LogP contribution in [0.3, 0.4) is 0 Å². The van der Waals surface area contributed by atoms with Crippen LogP contribution in [0.5, 0.6) is 0 Å². The van der Waals surface area contributed by atoms with Gasteiger partial charge in [-0.1, -0.05) is 13.8 Å². The fourth-order valence-electron chi connectivity index (χ4n) is 1.33. The highest BCUT2D eigenvalue weighted by molar-refractivity contribution is 7.99. The third-order valence-corrected chi connectivity index (χ3v) is 3.34. The average Bonchev–Trinajstić information content (AvgIpc) is 2.32. The van der Waals surface area contributed by atoms with E-state index in [0.717, 1.165) is 37.0 Å². The van der Waals surface area contributed by atoms with Crippen molar-refractivity contribution in [3.63, 3.8) is 0 Å². The number of nitrogens with one attached hydrogen (secondary N) is 2. The average molecular weight is 254 g/mol. The van der Waals surface area contributed by atoms with Crippen LogP contribution in [0.2, 0.25) is 0 Å². The van der Waals surface area contributed by atoms with Gasteiger partial charge in [-0.2, -0.15) is 11.8 Å². The predicted octanol–water partition coefficient (Wildman–Crippen LogP) is 2.77. The van der Waals surface area contributed by atoms with Crippen LogP contribution in [0.15, 0.2) is 6.07 Å². The maximum atomic E-state index is 4.38. The molecule has 0 bridgehead atoms. The summed E-state index contributed by atoms with van der Waals surface area (Å²) in [5, 5.41) is 7.20. The molecule has 4 nitrogen and oxygen atoms in total. The van der Waals surface area contributed by atoms with E-state index >= 15 is 0 Å². The van der Waals surface area contributed by atoms with E-state index in [1.54, 1.807) is 0 Å². The highest BCUT2D eigenvalue weighted by Crippen LogP contribution is 2.12. The van der Waals surface area contributed by atoms with Gasteiger partial charge in [-0.15, -0.1) is 0 Å². The zero-order valence-electron chi connectivity index (χ0n) is 11.1. The van der Waals surface area contributed by atoms with E-state index < -0.39 is 0 Å². The van der Waals surface area contributed by atoms with Gasteiger partial charge in [-0.3, -0.25) is 0 Å². The Morgan fingerprint density at radius 3 is 2.53 bits per heavy atom. The molecule has 0 spiro atoms. The van der Waals surface area contributed by atoms with Crippen LogP contribution in [0, 0.1) is 6.92 Å².